The van der Waals surface area contributed by atoms with E-state index in [0.29, 0.717) is 25.6 Å². The molecule has 2 fully saturated rings. The molecule has 3 aromatic rings. The standard InChI is InChI=1S/C27H32N8O/c36-25-18-35-12-11-34(19-27(35)6-7-27)17-20-3-1-4-23(13-20)33-24-14-21(5-10-28-24)22-15-31-26(32-16-22)30-9-2-8-29-25/h1,3-5,10,13-16H,2,6-9,11-12,17-19H2,(H,28,33)(H,29,36)(H,30,31,32). The van der Waals surface area contributed by atoms with E-state index < -0.39 is 0 Å². The summed E-state index contributed by atoms with van der Waals surface area (Å²) in [5, 5.41) is 9.79. The number of pyridine rings is 1. The fraction of sp³-hybridized carbons (Fsp3) is 0.407. The Morgan fingerprint density at radius 3 is 2.61 bits per heavy atom. The van der Waals surface area contributed by atoms with Crippen molar-refractivity contribution in [3.05, 3.63) is 60.6 Å². The summed E-state index contributed by atoms with van der Waals surface area (Å²) in [4.78, 5) is 31.0. The van der Waals surface area contributed by atoms with Crippen LogP contribution < -0.4 is 16.0 Å². The molecule has 8 bridgehead atoms. The van der Waals surface area contributed by atoms with Crippen molar-refractivity contribution in [2.24, 2.45) is 0 Å². The van der Waals surface area contributed by atoms with E-state index >= 15 is 0 Å². The molecule has 1 aromatic carbocycles. The zero-order chi connectivity index (χ0) is 24.4. The van der Waals surface area contributed by atoms with Crippen LogP contribution in [0.5, 0.6) is 0 Å². The van der Waals surface area contributed by atoms with Crippen molar-refractivity contribution in [3.63, 3.8) is 0 Å². The second kappa shape index (κ2) is 9.83. The Kier molecular flexibility index (Phi) is 6.25. The molecule has 9 heteroatoms. The Labute approximate surface area is 211 Å². The molecule has 1 amide bonds. The highest BCUT2D eigenvalue weighted by Gasteiger charge is 2.51. The van der Waals surface area contributed by atoms with Gasteiger partial charge in [-0.3, -0.25) is 14.6 Å². The number of carbonyl (C=O) groups is 1. The van der Waals surface area contributed by atoms with Gasteiger partial charge in [0.25, 0.3) is 0 Å². The average molecular weight is 485 g/mol. The van der Waals surface area contributed by atoms with Gasteiger partial charge in [0, 0.05) is 74.6 Å². The summed E-state index contributed by atoms with van der Waals surface area (Å²) in [5.74, 6) is 1.48. The number of piperazine rings is 1. The van der Waals surface area contributed by atoms with Crippen LogP contribution in [-0.2, 0) is 11.3 Å². The average Bonchev–Trinajstić information content (AvgIpc) is 3.65. The van der Waals surface area contributed by atoms with Crippen LogP contribution >= 0.6 is 0 Å². The molecular weight excluding hydrogens is 452 g/mol. The number of benzene rings is 1. The molecule has 9 nitrogen and oxygen atoms in total. The van der Waals surface area contributed by atoms with Crippen LogP contribution in [0.25, 0.3) is 11.1 Å². The summed E-state index contributed by atoms with van der Waals surface area (Å²) in [7, 11) is 0. The third kappa shape index (κ3) is 5.17. The third-order valence-electron chi connectivity index (χ3n) is 7.35. The summed E-state index contributed by atoms with van der Waals surface area (Å²) in [6.07, 6.45) is 8.59. The van der Waals surface area contributed by atoms with E-state index in [-0.39, 0.29) is 11.4 Å². The van der Waals surface area contributed by atoms with Crippen LogP contribution in [0.4, 0.5) is 17.5 Å². The predicted octanol–water partition coefficient (Wildman–Crippen LogP) is 2.86. The van der Waals surface area contributed by atoms with E-state index in [1.807, 2.05) is 24.5 Å². The maximum atomic E-state index is 12.6. The lowest BCUT2D eigenvalue weighted by molar-refractivity contribution is -0.123. The molecule has 36 heavy (non-hydrogen) atoms. The minimum Gasteiger partial charge on any atom is -0.355 e. The maximum absolute atomic E-state index is 12.6. The van der Waals surface area contributed by atoms with Crippen molar-refractivity contribution in [1.82, 2.24) is 30.1 Å². The second-order valence-corrected chi connectivity index (χ2v) is 10.0. The lowest BCUT2D eigenvalue weighted by Crippen LogP contribution is -2.56. The molecule has 5 aliphatic heterocycles. The molecule has 1 saturated carbocycles. The van der Waals surface area contributed by atoms with Crippen molar-refractivity contribution in [2.45, 2.75) is 31.3 Å². The van der Waals surface area contributed by atoms with Gasteiger partial charge in [-0.05, 0) is 54.7 Å². The number of nitrogens with one attached hydrogen (secondary N) is 3. The van der Waals surface area contributed by atoms with Crippen LogP contribution in [-0.4, -0.2) is 75.5 Å². The number of anilines is 3. The van der Waals surface area contributed by atoms with E-state index in [1.54, 1.807) is 6.20 Å². The van der Waals surface area contributed by atoms with Crippen LogP contribution in [0.3, 0.4) is 0 Å². The van der Waals surface area contributed by atoms with Crippen molar-refractivity contribution in [1.29, 1.82) is 0 Å². The highest BCUT2D eigenvalue weighted by molar-refractivity contribution is 5.78. The first-order chi connectivity index (χ1) is 17.6. The molecule has 3 N–H and O–H groups in total. The molecule has 0 radical (unpaired) electrons. The number of aromatic nitrogens is 3. The first-order valence-corrected chi connectivity index (χ1v) is 12.8. The Morgan fingerprint density at radius 2 is 1.75 bits per heavy atom. The van der Waals surface area contributed by atoms with E-state index in [0.717, 1.165) is 55.2 Å². The Balaban J connectivity index is 1.24. The smallest absolute Gasteiger partial charge is 0.234 e. The molecule has 186 valence electrons. The first-order valence-electron chi connectivity index (χ1n) is 12.8. The van der Waals surface area contributed by atoms with Gasteiger partial charge in [-0.25, -0.2) is 15.0 Å². The van der Waals surface area contributed by atoms with Gasteiger partial charge in [0.1, 0.15) is 5.82 Å². The van der Waals surface area contributed by atoms with Crippen LogP contribution in [0.15, 0.2) is 55.0 Å². The molecule has 2 unspecified atom stereocenters. The Hall–Kier alpha value is -3.56. The van der Waals surface area contributed by atoms with Crippen molar-refractivity contribution in [3.8, 4) is 11.1 Å². The van der Waals surface area contributed by atoms with Gasteiger partial charge in [0.2, 0.25) is 11.9 Å². The number of hydrogen-bond acceptors (Lipinski definition) is 8. The summed E-state index contributed by atoms with van der Waals surface area (Å²) < 4.78 is 0. The largest absolute Gasteiger partial charge is 0.355 e. The predicted molar refractivity (Wildman–Crippen MR) is 140 cm³/mol. The summed E-state index contributed by atoms with van der Waals surface area (Å²) in [5.41, 5.74) is 4.38. The minimum absolute atomic E-state index is 0.114. The Bertz CT molecular complexity index is 1230. The molecule has 2 aromatic heterocycles. The SMILES string of the molecule is O=C1CN2CCN(Cc3cccc(c3)Nc3cc(ccn3)-c3cnc(nc3)NCCCN1)CC21CC1. The number of carbonyl (C=O) groups excluding carboxylic acids is 1. The van der Waals surface area contributed by atoms with Crippen LogP contribution in [0, 0.1) is 0 Å². The van der Waals surface area contributed by atoms with Crippen LogP contribution in [0.1, 0.15) is 24.8 Å². The summed E-state index contributed by atoms with van der Waals surface area (Å²) in [6, 6.07) is 12.5. The van der Waals surface area contributed by atoms with Gasteiger partial charge < -0.3 is 16.0 Å². The maximum Gasteiger partial charge on any atom is 0.234 e. The highest BCUT2D eigenvalue weighted by atomic mass is 16.2. The highest BCUT2D eigenvalue weighted by Crippen LogP contribution is 2.44. The number of rotatable bonds is 0. The molecule has 1 spiro atoms. The van der Waals surface area contributed by atoms with Crippen LogP contribution in [0.2, 0.25) is 0 Å². The van der Waals surface area contributed by atoms with Crippen molar-refractivity contribution < 1.29 is 4.79 Å². The molecule has 2 atom stereocenters. The minimum atomic E-state index is 0.114. The molecular formula is C27H32N8O. The molecule has 9 rings (SSSR count). The quantitative estimate of drug-likeness (QED) is 0.448. The van der Waals surface area contributed by atoms with Gasteiger partial charge in [-0.2, -0.15) is 0 Å². The van der Waals surface area contributed by atoms with Gasteiger partial charge in [-0.15, -0.1) is 0 Å². The third-order valence-corrected chi connectivity index (χ3v) is 7.35. The Morgan fingerprint density at radius 1 is 0.889 bits per heavy atom. The van der Waals surface area contributed by atoms with Gasteiger partial charge >= 0.3 is 0 Å². The fourth-order valence-electron chi connectivity index (χ4n) is 5.24. The van der Waals surface area contributed by atoms with Gasteiger partial charge in [-0.1, -0.05) is 12.1 Å². The molecule has 1 aliphatic carbocycles. The molecule has 6 aliphatic rings. The number of nitrogens with zero attached hydrogens (tertiary/aromatic N) is 5. The normalized spacial score (nSPS) is 23.4. The van der Waals surface area contributed by atoms with Gasteiger partial charge in [0.05, 0.1) is 6.54 Å². The number of amides is 1. The fourth-order valence-corrected chi connectivity index (χ4v) is 5.24. The lowest BCUT2D eigenvalue weighted by atomic mass is 10.1. The van der Waals surface area contributed by atoms with E-state index in [2.05, 4.69) is 65.0 Å². The van der Waals surface area contributed by atoms with E-state index in [4.69, 9.17) is 0 Å². The zero-order valence-corrected chi connectivity index (χ0v) is 20.4. The lowest BCUT2D eigenvalue weighted by Gasteiger charge is -2.42. The van der Waals surface area contributed by atoms with Crippen molar-refractivity contribution >= 4 is 23.4 Å². The van der Waals surface area contributed by atoms with E-state index in [1.165, 1.54) is 18.4 Å². The van der Waals surface area contributed by atoms with E-state index in [9.17, 15) is 4.79 Å². The zero-order valence-electron chi connectivity index (χ0n) is 20.4. The summed E-state index contributed by atoms with van der Waals surface area (Å²) >= 11 is 0. The first kappa shape index (κ1) is 22.9. The molecule has 1 saturated heterocycles. The van der Waals surface area contributed by atoms with Crippen molar-refractivity contribution in [2.75, 3.05) is 49.9 Å². The summed E-state index contributed by atoms with van der Waals surface area (Å²) in [6.45, 7) is 5.64. The number of hydrogen-bond donors (Lipinski definition) is 3. The second-order valence-electron chi connectivity index (χ2n) is 10.0. The van der Waals surface area contributed by atoms with Gasteiger partial charge in [0.15, 0.2) is 0 Å². The topological polar surface area (TPSA) is 98.3 Å². The molecule has 7 heterocycles. The monoisotopic (exact) mass is 484 g/mol.